The van der Waals surface area contributed by atoms with Crippen molar-refractivity contribution in [2.24, 2.45) is 0 Å². The molecule has 0 fully saturated rings. The molecule has 0 amide bonds. The highest BCUT2D eigenvalue weighted by Gasteiger charge is 2.07. The van der Waals surface area contributed by atoms with Gasteiger partial charge in [0.15, 0.2) is 5.75 Å². The zero-order chi connectivity index (χ0) is 14.4. The Bertz CT molecular complexity index is 555. The lowest BCUT2D eigenvalue weighted by Gasteiger charge is -2.10. The molecule has 20 heavy (non-hydrogen) atoms. The Morgan fingerprint density at radius 3 is 2.65 bits per heavy atom. The first-order chi connectivity index (χ1) is 9.70. The smallest absolute Gasteiger partial charge is 0.157 e. The van der Waals surface area contributed by atoms with Gasteiger partial charge in [-0.25, -0.2) is 0 Å². The molecule has 1 aromatic carbocycles. The third-order valence-corrected chi connectivity index (χ3v) is 3.27. The molecular weight excluding hydrogens is 295 g/mol. The van der Waals surface area contributed by atoms with Crippen LogP contribution in [0.5, 0.6) is 5.75 Å². The average molecular weight is 311 g/mol. The van der Waals surface area contributed by atoms with Crippen LogP contribution in [0, 0.1) is 0 Å². The molecule has 0 spiro atoms. The number of benzene rings is 1. The molecule has 0 bridgehead atoms. The highest BCUT2D eigenvalue weighted by atomic mass is 35.5. The average Bonchev–Trinajstić information content (AvgIpc) is 2.45. The van der Waals surface area contributed by atoms with E-state index in [1.807, 2.05) is 12.1 Å². The van der Waals surface area contributed by atoms with Crippen molar-refractivity contribution in [2.45, 2.75) is 20.0 Å². The van der Waals surface area contributed by atoms with E-state index in [2.05, 4.69) is 17.2 Å². The number of rotatable bonds is 6. The summed E-state index contributed by atoms with van der Waals surface area (Å²) >= 11 is 12.1. The number of hydrogen-bond donors (Lipinski definition) is 1. The first-order valence-electron chi connectivity index (χ1n) is 6.46. The maximum Gasteiger partial charge on any atom is 0.157 e. The minimum Gasteiger partial charge on any atom is -0.484 e. The van der Waals surface area contributed by atoms with Crippen LogP contribution in [0.3, 0.4) is 0 Å². The molecule has 0 saturated carbocycles. The third kappa shape index (κ3) is 4.02. The third-order valence-electron chi connectivity index (χ3n) is 2.68. The second kappa shape index (κ2) is 7.36. The zero-order valence-electron chi connectivity index (χ0n) is 11.2. The quantitative estimate of drug-likeness (QED) is 0.833. The first kappa shape index (κ1) is 14.9. The summed E-state index contributed by atoms with van der Waals surface area (Å²) in [5.74, 6) is 0.490. The Balaban J connectivity index is 2.03. The van der Waals surface area contributed by atoms with Crippen LogP contribution in [0.25, 0.3) is 0 Å². The summed E-state index contributed by atoms with van der Waals surface area (Å²) in [6.45, 7) is 3.38. The van der Waals surface area contributed by atoms with Crippen molar-refractivity contribution in [1.82, 2.24) is 4.98 Å². The molecule has 0 radical (unpaired) electrons. The fraction of sp³-hybridized carbons (Fsp3) is 0.267. The summed E-state index contributed by atoms with van der Waals surface area (Å²) in [6, 6.07) is 9.16. The van der Waals surface area contributed by atoms with Crippen molar-refractivity contribution in [3.05, 3.63) is 52.3 Å². The van der Waals surface area contributed by atoms with Gasteiger partial charge in [-0.1, -0.05) is 36.2 Å². The van der Waals surface area contributed by atoms with Crippen LogP contribution < -0.4 is 10.1 Å². The number of halogens is 2. The number of ether oxygens (including phenoxy) is 1. The van der Waals surface area contributed by atoms with Gasteiger partial charge in [-0.15, -0.1) is 0 Å². The molecule has 2 aromatic rings. The van der Waals surface area contributed by atoms with E-state index in [0.717, 1.165) is 24.3 Å². The fourth-order valence-corrected chi connectivity index (χ4v) is 2.21. The van der Waals surface area contributed by atoms with Crippen molar-refractivity contribution in [3.63, 3.8) is 0 Å². The molecule has 0 unspecified atom stereocenters. The van der Waals surface area contributed by atoms with Crippen molar-refractivity contribution < 1.29 is 4.74 Å². The second-order valence-corrected chi connectivity index (χ2v) is 5.12. The fourth-order valence-electron chi connectivity index (χ4n) is 1.70. The normalized spacial score (nSPS) is 10.3. The minimum atomic E-state index is 0.325. The molecule has 1 heterocycles. The van der Waals surface area contributed by atoms with Gasteiger partial charge in [0.25, 0.3) is 0 Å². The second-order valence-electron chi connectivity index (χ2n) is 4.30. The van der Waals surface area contributed by atoms with Crippen LogP contribution in [0.1, 0.15) is 19.0 Å². The Kier molecular flexibility index (Phi) is 5.50. The molecule has 106 valence electrons. The number of aromatic nitrogens is 1. The Morgan fingerprint density at radius 1 is 1.20 bits per heavy atom. The lowest BCUT2D eigenvalue weighted by Crippen LogP contribution is -2.03. The standard InChI is InChI=1S/C15H16Cl2N2O/c1-2-7-18-11-6-8-19-12(9-11)10-20-15-13(16)4-3-5-14(15)17/h3-6,8-9H,2,7,10H2,1H3,(H,18,19). The maximum atomic E-state index is 6.05. The number of anilines is 1. The Morgan fingerprint density at radius 2 is 1.95 bits per heavy atom. The molecule has 0 aliphatic carbocycles. The van der Waals surface area contributed by atoms with Crippen LogP contribution >= 0.6 is 23.2 Å². The van der Waals surface area contributed by atoms with Crippen LogP contribution in [0.2, 0.25) is 10.0 Å². The number of hydrogen-bond acceptors (Lipinski definition) is 3. The molecule has 3 nitrogen and oxygen atoms in total. The molecule has 0 aliphatic heterocycles. The highest BCUT2D eigenvalue weighted by molar-refractivity contribution is 6.37. The van der Waals surface area contributed by atoms with Gasteiger partial charge in [0.2, 0.25) is 0 Å². The van der Waals surface area contributed by atoms with Gasteiger partial charge in [0.05, 0.1) is 15.7 Å². The number of pyridine rings is 1. The molecule has 0 aliphatic rings. The summed E-state index contributed by atoms with van der Waals surface area (Å²) in [7, 11) is 0. The molecule has 1 N–H and O–H groups in total. The van der Waals surface area contributed by atoms with Gasteiger partial charge in [0.1, 0.15) is 6.61 Å². The summed E-state index contributed by atoms with van der Waals surface area (Å²) in [5.41, 5.74) is 1.85. The molecular formula is C15H16Cl2N2O. The van der Waals surface area contributed by atoms with Crippen LogP contribution in [0.15, 0.2) is 36.5 Å². The van der Waals surface area contributed by atoms with Crippen molar-refractivity contribution in [3.8, 4) is 5.75 Å². The number of para-hydroxylation sites is 1. The summed E-state index contributed by atoms with van der Waals surface area (Å²) < 4.78 is 5.66. The van der Waals surface area contributed by atoms with Gasteiger partial charge in [-0.05, 0) is 30.7 Å². The van der Waals surface area contributed by atoms with Gasteiger partial charge >= 0.3 is 0 Å². The highest BCUT2D eigenvalue weighted by Crippen LogP contribution is 2.32. The molecule has 0 atom stereocenters. The van der Waals surface area contributed by atoms with E-state index in [1.165, 1.54) is 0 Å². The molecule has 5 heteroatoms. The Labute approximate surface area is 128 Å². The monoisotopic (exact) mass is 310 g/mol. The zero-order valence-corrected chi connectivity index (χ0v) is 12.7. The Hall–Kier alpha value is -1.45. The lowest BCUT2D eigenvalue weighted by atomic mass is 10.3. The summed E-state index contributed by atoms with van der Waals surface area (Å²) in [5, 5.41) is 4.30. The van der Waals surface area contributed by atoms with E-state index in [1.54, 1.807) is 24.4 Å². The lowest BCUT2D eigenvalue weighted by molar-refractivity contribution is 0.302. The topological polar surface area (TPSA) is 34.2 Å². The van der Waals surface area contributed by atoms with E-state index in [4.69, 9.17) is 27.9 Å². The van der Waals surface area contributed by atoms with E-state index < -0.39 is 0 Å². The number of nitrogens with one attached hydrogen (secondary N) is 1. The molecule has 0 saturated heterocycles. The minimum absolute atomic E-state index is 0.325. The van der Waals surface area contributed by atoms with Crippen molar-refractivity contribution >= 4 is 28.9 Å². The van der Waals surface area contributed by atoms with E-state index in [0.29, 0.717) is 22.4 Å². The van der Waals surface area contributed by atoms with E-state index in [9.17, 15) is 0 Å². The van der Waals surface area contributed by atoms with Gasteiger partial charge in [0, 0.05) is 18.4 Å². The van der Waals surface area contributed by atoms with Crippen LogP contribution in [0.4, 0.5) is 5.69 Å². The van der Waals surface area contributed by atoms with E-state index >= 15 is 0 Å². The van der Waals surface area contributed by atoms with Crippen molar-refractivity contribution in [1.29, 1.82) is 0 Å². The maximum absolute atomic E-state index is 6.05. The van der Waals surface area contributed by atoms with Gasteiger partial charge in [-0.3, -0.25) is 4.98 Å². The van der Waals surface area contributed by atoms with Gasteiger partial charge in [-0.2, -0.15) is 0 Å². The predicted octanol–water partition coefficient (Wildman–Crippen LogP) is 4.79. The molecule has 1 aromatic heterocycles. The SMILES string of the molecule is CCCNc1ccnc(COc2c(Cl)cccc2Cl)c1. The number of nitrogens with zero attached hydrogens (tertiary/aromatic N) is 1. The summed E-state index contributed by atoms with van der Waals surface area (Å²) in [6.07, 6.45) is 2.83. The van der Waals surface area contributed by atoms with Gasteiger partial charge < -0.3 is 10.1 Å². The van der Waals surface area contributed by atoms with Crippen LogP contribution in [-0.4, -0.2) is 11.5 Å². The van der Waals surface area contributed by atoms with E-state index in [-0.39, 0.29) is 0 Å². The molecule has 2 rings (SSSR count). The summed E-state index contributed by atoms with van der Waals surface area (Å²) in [4.78, 5) is 4.27. The largest absolute Gasteiger partial charge is 0.484 e. The first-order valence-corrected chi connectivity index (χ1v) is 7.22. The van der Waals surface area contributed by atoms with Crippen LogP contribution in [-0.2, 0) is 6.61 Å². The predicted molar refractivity (Wildman–Crippen MR) is 83.8 cm³/mol. The van der Waals surface area contributed by atoms with Crippen molar-refractivity contribution in [2.75, 3.05) is 11.9 Å².